The molecular formula is C16H25N3S. The van der Waals surface area contributed by atoms with Gasteiger partial charge >= 0.3 is 0 Å². The second kappa shape index (κ2) is 5.06. The maximum Gasteiger partial charge on any atom is 0.192 e. The van der Waals surface area contributed by atoms with Gasteiger partial charge in [0.05, 0.1) is 18.6 Å². The molecule has 1 saturated carbocycles. The Hall–Kier alpha value is -1.03. The second-order valence-corrected chi connectivity index (χ2v) is 8.11. The molecule has 2 aliphatic rings. The highest BCUT2D eigenvalue weighted by Gasteiger charge is 2.44. The summed E-state index contributed by atoms with van der Waals surface area (Å²) in [4.78, 5) is 8.36. The minimum absolute atomic E-state index is 0.182. The molecule has 2 N–H and O–H groups in total. The largest absolute Gasteiger partial charge is 0.370 e. The number of rotatable bonds is 2. The lowest BCUT2D eigenvalue weighted by Crippen LogP contribution is -2.50. The van der Waals surface area contributed by atoms with Crippen molar-refractivity contribution in [3.63, 3.8) is 0 Å². The Morgan fingerprint density at radius 2 is 2.15 bits per heavy atom. The monoisotopic (exact) mass is 291 g/mol. The minimum Gasteiger partial charge on any atom is -0.370 e. The van der Waals surface area contributed by atoms with Crippen molar-refractivity contribution in [1.29, 1.82) is 0 Å². The van der Waals surface area contributed by atoms with Crippen LogP contribution in [-0.2, 0) is 6.54 Å². The van der Waals surface area contributed by atoms with Crippen LogP contribution in [0.2, 0.25) is 0 Å². The third-order valence-corrected chi connectivity index (χ3v) is 5.90. The Morgan fingerprint density at radius 3 is 2.90 bits per heavy atom. The van der Waals surface area contributed by atoms with E-state index in [1.165, 1.54) is 37.0 Å². The quantitative estimate of drug-likeness (QED) is 0.904. The molecule has 2 heterocycles. The van der Waals surface area contributed by atoms with Crippen LogP contribution in [0.5, 0.6) is 0 Å². The van der Waals surface area contributed by atoms with Gasteiger partial charge in [0.15, 0.2) is 5.96 Å². The zero-order valence-electron chi connectivity index (χ0n) is 12.6. The summed E-state index contributed by atoms with van der Waals surface area (Å²) in [7, 11) is 0. The molecule has 1 unspecified atom stereocenters. The highest BCUT2D eigenvalue weighted by molar-refractivity contribution is 7.09. The lowest BCUT2D eigenvalue weighted by Gasteiger charge is -2.39. The molecule has 0 radical (unpaired) electrons. The molecule has 3 rings (SSSR count). The zero-order valence-corrected chi connectivity index (χ0v) is 13.4. The highest BCUT2D eigenvalue weighted by atomic mass is 32.1. The topological polar surface area (TPSA) is 41.6 Å². The predicted octanol–water partition coefficient (Wildman–Crippen LogP) is 3.61. The maximum atomic E-state index is 6.20. The van der Waals surface area contributed by atoms with Gasteiger partial charge in [0, 0.05) is 4.88 Å². The van der Waals surface area contributed by atoms with Gasteiger partial charge in [-0.2, -0.15) is 0 Å². The average molecular weight is 291 g/mol. The number of guanidine groups is 1. The summed E-state index contributed by atoms with van der Waals surface area (Å²) < 4.78 is 0. The van der Waals surface area contributed by atoms with Gasteiger partial charge in [-0.3, -0.25) is 4.99 Å². The lowest BCUT2D eigenvalue weighted by atomic mass is 9.83. The third-order valence-electron chi connectivity index (χ3n) is 5.04. The fourth-order valence-corrected chi connectivity index (χ4v) is 4.29. The fraction of sp³-hybridized carbons (Fsp3) is 0.688. The number of hydrogen-bond donors (Lipinski definition) is 1. The normalized spacial score (nSPS) is 29.5. The Labute approximate surface area is 125 Å². The summed E-state index contributed by atoms with van der Waals surface area (Å²) in [6, 6.07) is 4.32. The molecule has 20 heavy (non-hydrogen) atoms. The Morgan fingerprint density at radius 1 is 1.30 bits per heavy atom. The van der Waals surface area contributed by atoms with Crippen molar-refractivity contribution in [1.82, 2.24) is 4.90 Å². The van der Waals surface area contributed by atoms with Gasteiger partial charge in [0.1, 0.15) is 0 Å². The molecule has 1 fully saturated rings. The fourth-order valence-electron chi connectivity index (χ4n) is 3.59. The first-order chi connectivity index (χ1) is 9.51. The molecule has 1 aliphatic heterocycles. The SMILES string of the molecule is CC1(C)CCCC2(CC1)CN=C(N)N2Cc1cccs1. The summed E-state index contributed by atoms with van der Waals surface area (Å²) in [5, 5.41) is 2.14. The smallest absolute Gasteiger partial charge is 0.192 e. The molecule has 4 heteroatoms. The van der Waals surface area contributed by atoms with Gasteiger partial charge in [-0.25, -0.2) is 0 Å². The van der Waals surface area contributed by atoms with Crippen molar-refractivity contribution >= 4 is 17.3 Å². The van der Waals surface area contributed by atoms with E-state index in [-0.39, 0.29) is 5.54 Å². The zero-order chi connectivity index (χ0) is 14.2. The van der Waals surface area contributed by atoms with Crippen LogP contribution in [0.3, 0.4) is 0 Å². The van der Waals surface area contributed by atoms with Crippen LogP contribution < -0.4 is 5.73 Å². The van der Waals surface area contributed by atoms with E-state index < -0.39 is 0 Å². The number of hydrogen-bond acceptors (Lipinski definition) is 4. The van der Waals surface area contributed by atoms with Crippen LogP contribution >= 0.6 is 11.3 Å². The Balaban J connectivity index is 1.81. The Kier molecular flexibility index (Phi) is 3.53. The van der Waals surface area contributed by atoms with Gasteiger partial charge in [0.2, 0.25) is 0 Å². The molecule has 0 amide bonds. The van der Waals surface area contributed by atoms with E-state index in [2.05, 4.69) is 41.3 Å². The van der Waals surface area contributed by atoms with Gasteiger partial charge < -0.3 is 10.6 Å². The van der Waals surface area contributed by atoms with Crippen molar-refractivity contribution in [2.75, 3.05) is 6.54 Å². The van der Waals surface area contributed by atoms with E-state index in [9.17, 15) is 0 Å². The van der Waals surface area contributed by atoms with Gasteiger partial charge in [0.25, 0.3) is 0 Å². The predicted molar refractivity (Wildman–Crippen MR) is 85.9 cm³/mol. The third kappa shape index (κ3) is 2.58. The highest BCUT2D eigenvalue weighted by Crippen LogP contribution is 2.43. The molecule has 1 aliphatic carbocycles. The summed E-state index contributed by atoms with van der Waals surface area (Å²) in [6.07, 6.45) is 6.33. The van der Waals surface area contributed by atoms with E-state index in [0.29, 0.717) is 5.41 Å². The number of aliphatic imine (C=N–C) groups is 1. The van der Waals surface area contributed by atoms with Crippen LogP contribution in [0.4, 0.5) is 0 Å². The van der Waals surface area contributed by atoms with Crippen molar-refractivity contribution in [3.05, 3.63) is 22.4 Å². The van der Waals surface area contributed by atoms with Crippen LogP contribution in [-0.4, -0.2) is 22.9 Å². The molecule has 110 valence electrons. The van der Waals surface area contributed by atoms with E-state index in [4.69, 9.17) is 5.73 Å². The van der Waals surface area contributed by atoms with Gasteiger partial charge in [-0.15, -0.1) is 11.3 Å². The molecule has 3 nitrogen and oxygen atoms in total. The van der Waals surface area contributed by atoms with Crippen LogP contribution in [0.1, 0.15) is 50.8 Å². The Bertz CT molecular complexity index is 492. The maximum absolute atomic E-state index is 6.20. The van der Waals surface area contributed by atoms with Crippen molar-refractivity contribution in [2.45, 2.75) is 58.0 Å². The first kappa shape index (κ1) is 13.9. The summed E-state index contributed by atoms with van der Waals surface area (Å²) >= 11 is 1.81. The molecule has 1 aromatic rings. The first-order valence-electron chi connectivity index (χ1n) is 7.61. The lowest BCUT2D eigenvalue weighted by molar-refractivity contribution is 0.163. The van der Waals surface area contributed by atoms with E-state index in [1.54, 1.807) is 0 Å². The van der Waals surface area contributed by atoms with E-state index >= 15 is 0 Å². The molecule has 0 saturated heterocycles. The van der Waals surface area contributed by atoms with Crippen molar-refractivity contribution in [2.24, 2.45) is 16.1 Å². The van der Waals surface area contributed by atoms with E-state index in [0.717, 1.165) is 19.0 Å². The van der Waals surface area contributed by atoms with Crippen LogP contribution in [0.15, 0.2) is 22.5 Å². The summed E-state index contributed by atoms with van der Waals surface area (Å²) in [5.41, 5.74) is 6.85. The summed E-state index contributed by atoms with van der Waals surface area (Å²) in [5.74, 6) is 0.748. The molecule has 0 bridgehead atoms. The number of nitrogens with two attached hydrogens (primary N) is 1. The summed E-state index contributed by atoms with van der Waals surface area (Å²) in [6.45, 7) is 6.61. The minimum atomic E-state index is 0.182. The average Bonchev–Trinajstić information content (AvgIpc) is 2.96. The molecular weight excluding hydrogens is 266 g/mol. The molecule has 1 spiro atoms. The molecule has 1 aromatic heterocycles. The van der Waals surface area contributed by atoms with Gasteiger partial charge in [-0.05, 0) is 42.5 Å². The van der Waals surface area contributed by atoms with Crippen LogP contribution in [0.25, 0.3) is 0 Å². The standard InChI is InChI=1S/C16H25N3S/c1-15(2)6-4-7-16(9-8-15)12-18-14(17)19(16)11-13-5-3-10-20-13/h3,5,10H,4,6-9,11-12H2,1-2H3,(H2,17,18). The van der Waals surface area contributed by atoms with Gasteiger partial charge in [-0.1, -0.05) is 26.3 Å². The van der Waals surface area contributed by atoms with E-state index in [1.807, 2.05) is 11.3 Å². The first-order valence-corrected chi connectivity index (χ1v) is 8.49. The number of thiophene rings is 1. The molecule has 1 atom stereocenters. The second-order valence-electron chi connectivity index (χ2n) is 7.08. The molecule has 0 aromatic carbocycles. The van der Waals surface area contributed by atoms with Crippen molar-refractivity contribution in [3.8, 4) is 0 Å². The van der Waals surface area contributed by atoms with Crippen LogP contribution in [0, 0.1) is 5.41 Å². The number of nitrogens with zero attached hydrogens (tertiary/aromatic N) is 2. The van der Waals surface area contributed by atoms with Crippen molar-refractivity contribution < 1.29 is 0 Å².